The van der Waals surface area contributed by atoms with Crippen LogP contribution in [0.25, 0.3) is 0 Å². The molecule has 0 spiro atoms. The Bertz CT molecular complexity index is 814. The molecule has 0 aromatic carbocycles. The molecule has 0 saturated heterocycles. The zero-order chi connectivity index (χ0) is 22.7. The van der Waals surface area contributed by atoms with Gasteiger partial charge in [0.05, 0.1) is 18.3 Å². The molecule has 32 heavy (non-hydrogen) atoms. The summed E-state index contributed by atoms with van der Waals surface area (Å²) in [5.74, 6) is 4.99. The van der Waals surface area contributed by atoms with Crippen molar-refractivity contribution in [2.45, 2.75) is 117 Å². The first kappa shape index (κ1) is 22.9. The molecule has 0 amide bonds. The highest BCUT2D eigenvalue weighted by molar-refractivity contribution is 5.12. The highest BCUT2D eigenvalue weighted by Crippen LogP contribution is 2.69. The van der Waals surface area contributed by atoms with Gasteiger partial charge in [0, 0.05) is 6.20 Å². The molecular formula is C29H48N2O. The van der Waals surface area contributed by atoms with Gasteiger partial charge in [-0.2, -0.15) is 5.10 Å². The maximum Gasteiger partial charge on any atom is 0.0848 e. The molecule has 3 unspecified atom stereocenters. The average Bonchev–Trinajstić information content (AvgIpc) is 3.30. The summed E-state index contributed by atoms with van der Waals surface area (Å²) < 4.78 is 1.97. The number of aromatic nitrogens is 2. The highest BCUT2D eigenvalue weighted by Gasteiger charge is 2.62. The minimum Gasteiger partial charge on any atom is -0.388 e. The van der Waals surface area contributed by atoms with Gasteiger partial charge in [-0.05, 0) is 124 Å². The number of fused-ring (bicyclic) bond motifs is 5. The Kier molecular flexibility index (Phi) is 5.83. The number of rotatable bonds is 5. The predicted octanol–water partition coefficient (Wildman–Crippen LogP) is 7.02. The molecule has 1 heterocycles. The Labute approximate surface area is 196 Å². The van der Waals surface area contributed by atoms with Crippen molar-refractivity contribution >= 4 is 0 Å². The number of hydrogen-bond acceptors (Lipinski definition) is 2. The van der Waals surface area contributed by atoms with Gasteiger partial charge >= 0.3 is 0 Å². The van der Waals surface area contributed by atoms with Crippen molar-refractivity contribution in [3.8, 4) is 0 Å². The van der Waals surface area contributed by atoms with Crippen LogP contribution in [0.4, 0.5) is 0 Å². The molecule has 180 valence electrons. The van der Waals surface area contributed by atoms with Crippen molar-refractivity contribution in [3.63, 3.8) is 0 Å². The highest BCUT2D eigenvalue weighted by atomic mass is 16.3. The minimum atomic E-state index is -0.686. The largest absolute Gasteiger partial charge is 0.388 e. The zero-order valence-electron chi connectivity index (χ0n) is 21.4. The van der Waals surface area contributed by atoms with Crippen molar-refractivity contribution in [1.82, 2.24) is 9.78 Å². The van der Waals surface area contributed by atoms with Gasteiger partial charge in [-0.1, -0.05) is 33.6 Å². The lowest BCUT2D eigenvalue weighted by molar-refractivity contribution is -0.141. The Morgan fingerprint density at radius 2 is 1.81 bits per heavy atom. The Hall–Kier alpha value is -0.830. The van der Waals surface area contributed by atoms with Crippen molar-refractivity contribution in [3.05, 3.63) is 18.0 Å². The molecule has 1 N–H and O–H groups in total. The van der Waals surface area contributed by atoms with Crippen LogP contribution in [-0.4, -0.2) is 20.5 Å². The molecule has 5 rings (SSSR count). The summed E-state index contributed by atoms with van der Waals surface area (Å²) in [5, 5.41) is 16.2. The molecule has 9 atom stereocenters. The number of aryl methyl sites for hydroxylation is 1. The molecular weight excluding hydrogens is 392 g/mol. The molecule has 4 saturated carbocycles. The minimum absolute atomic E-state index is 0.287. The third-order valence-electron chi connectivity index (χ3n) is 11.5. The Morgan fingerprint density at radius 1 is 1.06 bits per heavy atom. The molecule has 4 aliphatic rings. The first-order valence-electron chi connectivity index (χ1n) is 13.9. The van der Waals surface area contributed by atoms with E-state index in [2.05, 4.69) is 45.9 Å². The third-order valence-corrected chi connectivity index (χ3v) is 11.5. The normalized spacial score (nSPS) is 45.6. The number of nitrogens with zero attached hydrogens (tertiary/aromatic N) is 2. The molecule has 1 aromatic heterocycles. The molecule has 1 aromatic rings. The van der Waals surface area contributed by atoms with Gasteiger partial charge in [-0.25, -0.2) is 0 Å². The van der Waals surface area contributed by atoms with Gasteiger partial charge in [-0.15, -0.1) is 0 Å². The Balaban J connectivity index is 1.34. The van der Waals surface area contributed by atoms with Crippen LogP contribution < -0.4 is 0 Å². The molecule has 0 bridgehead atoms. The van der Waals surface area contributed by atoms with E-state index in [1.165, 1.54) is 76.2 Å². The fraction of sp³-hybridized carbons (Fsp3) is 0.897. The van der Waals surface area contributed by atoms with E-state index < -0.39 is 5.60 Å². The lowest BCUT2D eigenvalue weighted by Gasteiger charge is -2.61. The second-order valence-electron chi connectivity index (χ2n) is 13.3. The van der Waals surface area contributed by atoms with E-state index in [9.17, 15) is 5.11 Å². The van der Waals surface area contributed by atoms with E-state index in [1.54, 1.807) is 0 Å². The maximum absolute atomic E-state index is 11.7. The van der Waals surface area contributed by atoms with E-state index in [1.807, 2.05) is 10.9 Å². The first-order valence-corrected chi connectivity index (χ1v) is 13.9. The fourth-order valence-corrected chi connectivity index (χ4v) is 10.0. The lowest BCUT2D eigenvalue weighted by Crippen LogP contribution is -2.55. The average molecular weight is 441 g/mol. The second kappa shape index (κ2) is 8.14. The van der Waals surface area contributed by atoms with Crippen molar-refractivity contribution in [1.29, 1.82) is 0 Å². The quantitative estimate of drug-likeness (QED) is 0.534. The van der Waals surface area contributed by atoms with Crippen LogP contribution in [-0.2, 0) is 6.54 Å². The van der Waals surface area contributed by atoms with Gasteiger partial charge in [0.2, 0.25) is 0 Å². The van der Waals surface area contributed by atoms with E-state index in [-0.39, 0.29) is 5.41 Å². The van der Waals surface area contributed by atoms with Crippen molar-refractivity contribution in [2.75, 3.05) is 0 Å². The summed E-state index contributed by atoms with van der Waals surface area (Å²) in [4.78, 5) is 0. The van der Waals surface area contributed by atoms with E-state index in [0.29, 0.717) is 17.9 Å². The number of aliphatic hydroxyl groups is 1. The summed E-state index contributed by atoms with van der Waals surface area (Å²) in [6, 6.07) is 0. The second-order valence-corrected chi connectivity index (χ2v) is 13.3. The summed E-state index contributed by atoms with van der Waals surface area (Å²) in [6.07, 6.45) is 19.4. The third kappa shape index (κ3) is 3.60. The molecule has 0 radical (unpaired) electrons. The maximum atomic E-state index is 11.7. The van der Waals surface area contributed by atoms with Crippen molar-refractivity contribution in [2.24, 2.45) is 46.3 Å². The topological polar surface area (TPSA) is 38.0 Å². The van der Waals surface area contributed by atoms with E-state index in [4.69, 9.17) is 0 Å². The van der Waals surface area contributed by atoms with Crippen LogP contribution in [0.1, 0.15) is 104 Å². The van der Waals surface area contributed by atoms with Crippen LogP contribution in [0.3, 0.4) is 0 Å². The van der Waals surface area contributed by atoms with Gasteiger partial charge in [0.15, 0.2) is 0 Å². The summed E-state index contributed by atoms with van der Waals surface area (Å²) >= 11 is 0. The fourth-order valence-electron chi connectivity index (χ4n) is 10.0. The van der Waals surface area contributed by atoms with Crippen LogP contribution in [0.5, 0.6) is 0 Å². The number of hydrogen-bond donors (Lipinski definition) is 1. The van der Waals surface area contributed by atoms with E-state index in [0.717, 1.165) is 29.6 Å². The van der Waals surface area contributed by atoms with Gasteiger partial charge in [-0.3, -0.25) is 4.68 Å². The van der Waals surface area contributed by atoms with Crippen LogP contribution >= 0.6 is 0 Å². The molecule has 4 aliphatic carbocycles. The summed E-state index contributed by atoms with van der Waals surface area (Å²) in [6.45, 7) is 12.4. The molecule has 0 aliphatic heterocycles. The van der Waals surface area contributed by atoms with Crippen LogP contribution in [0.15, 0.2) is 12.4 Å². The van der Waals surface area contributed by atoms with Crippen molar-refractivity contribution < 1.29 is 5.11 Å². The smallest absolute Gasteiger partial charge is 0.0848 e. The molecule has 3 nitrogen and oxygen atoms in total. The summed E-state index contributed by atoms with van der Waals surface area (Å²) in [7, 11) is 0. The lowest BCUT2D eigenvalue weighted by atomic mass is 9.43. The Morgan fingerprint density at radius 3 is 2.53 bits per heavy atom. The van der Waals surface area contributed by atoms with Gasteiger partial charge in [0.1, 0.15) is 0 Å². The van der Waals surface area contributed by atoms with Gasteiger partial charge in [0.25, 0.3) is 0 Å². The zero-order valence-corrected chi connectivity index (χ0v) is 21.4. The predicted molar refractivity (Wildman–Crippen MR) is 131 cm³/mol. The molecule has 4 fully saturated rings. The van der Waals surface area contributed by atoms with Crippen LogP contribution in [0, 0.1) is 53.3 Å². The van der Waals surface area contributed by atoms with Crippen LogP contribution in [0.2, 0.25) is 0 Å². The molecule has 3 heteroatoms. The SMILES string of the molecule is CCC[C@H]1CC[C@@]2(C)C(CC[C@@H]3C2CC[C@@]2(C)C3CC[C@@H]2[C@@](C)(O)Cn2cc(C)cn2)C1. The first-order chi connectivity index (χ1) is 15.2. The van der Waals surface area contributed by atoms with E-state index >= 15 is 0 Å². The van der Waals surface area contributed by atoms with Gasteiger partial charge < -0.3 is 5.11 Å². The monoisotopic (exact) mass is 440 g/mol. The summed E-state index contributed by atoms with van der Waals surface area (Å²) in [5.41, 5.74) is 1.36. The standard InChI is InChI=1S/C29H48N2O/c1-6-7-21-12-14-27(3)22(16-21)8-9-23-24-10-11-26(28(24,4)15-13-25(23)27)29(5,32)19-31-18-20(2)17-30-31/h17-18,21-26,32H,6-16,19H2,1-5H3/t21-,22?,23-,24?,25?,26-,27-,28-,29-/m0/s1.